The molecule has 0 atom stereocenters. The fourth-order valence-electron chi connectivity index (χ4n) is 9.16. The van der Waals surface area contributed by atoms with Crippen LogP contribution in [0.15, 0.2) is 66.7 Å². The molecule has 59 heavy (non-hydrogen) atoms. The summed E-state index contributed by atoms with van der Waals surface area (Å²) in [6, 6.07) is 16.3. The lowest BCUT2D eigenvalue weighted by Crippen LogP contribution is -2.48. The Morgan fingerprint density at radius 3 is 2.31 bits per heavy atom. The number of carbonyl (C=O) groups is 3. The zero-order valence-electron chi connectivity index (χ0n) is 33.7. The molecule has 1 aromatic heterocycles. The molecule has 3 fully saturated rings. The highest BCUT2D eigenvalue weighted by atomic mass is 32.2. The van der Waals surface area contributed by atoms with E-state index in [2.05, 4.69) is 15.5 Å². The van der Waals surface area contributed by atoms with E-state index >= 15 is 4.39 Å². The largest absolute Gasteiger partial charge is 0.489 e. The number of halogens is 1. The van der Waals surface area contributed by atoms with E-state index < -0.39 is 15.8 Å². The van der Waals surface area contributed by atoms with Crippen LogP contribution in [0.1, 0.15) is 85.2 Å². The molecule has 12 nitrogen and oxygen atoms in total. The van der Waals surface area contributed by atoms with Crippen molar-refractivity contribution in [1.82, 2.24) is 19.5 Å². The van der Waals surface area contributed by atoms with Crippen molar-refractivity contribution in [3.8, 4) is 17.0 Å². The minimum Gasteiger partial charge on any atom is -0.489 e. The number of benzene rings is 3. The fourth-order valence-corrected chi connectivity index (χ4v) is 9.99. The molecule has 0 unspecified atom stereocenters. The summed E-state index contributed by atoms with van der Waals surface area (Å²) in [5.41, 5.74) is 5.65. The summed E-state index contributed by atoms with van der Waals surface area (Å²) in [6.45, 7) is 3.32. The van der Waals surface area contributed by atoms with Gasteiger partial charge in [-0.25, -0.2) is 12.8 Å². The van der Waals surface area contributed by atoms with Crippen molar-refractivity contribution in [1.29, 1.82) is 0 Å². The molecule has 14 heteroatoms. The van der Waals surface area contributed by atoms with Crippen LogP contribution in [0.4, 0.5) is 15.8 Å². The van der Waals surface area contributed by atoms with E-state index in [0.717, 1.165) is 71.9 Å². The molecular formula is C45H53FN6O6S. The number of anilines is 2. The Bertz CT molecular complexity index is 2380. The molecule has 4 aliphatic rings. The first-order valence-corrected chi connectivity index (χ1v) is 22.8. The van der Waals surface area contributed by atoms with Gasteiger partial charge in [0.2, 0.25) is 21.8 Å². The van der Waals surface area contributed by atoms with Crippen molar-refractivity contribution >= 4 is 50.0 Å². The summed E-state index contributed by atoms with van der Waals surface area (Å²) >= 11 is 0. The average molecular weight is 825 g/mol. The Hall–Kier alpha value is -5.21. The maximum absolute atomic E-state index is 16.9. The molecule has 3 aromatic carbocycles. The van der Waals surface area contributed by atoms with Gasteiger partial charge >= 0.3 is 0 Å². The molecule has 3 aliphatic heterocycles. The summed E-state index contributed by atoms with van der Waals surface area (Å²) in [7, 11) is -3.31. The molecule has 0 radical (unpaired) electrons. The number of nitrogens with one attached hydrogen (secondary N) is 2. The highest BCUT2D eigenvalue weighted by Crippen LogP contribution is 2.45. The second-order valence-electron chi connectivity index (χ2n) is 16.1. The lowest BCUT2D eigenvalue weighted by atomic mass is 9.81. The highest BCUT2D eigenvalue weighted by Gasteiger charge is 2.30. The molecule has 2 N–H and O–H groups in total. The Kier molecular flexibility index (Phi) is 12.1. The van der Waals surface area contributed by atoms with Gasteiger partial charge in [-0.2, -0.15) is 4.31 Å². The minimum absolute atomic E-state index is 0.0396. The van der Waals surface area contributed by atoms with Crippen molar-refractivity contribution in [3.05, 3.63) is 89.3 Å². The second-order valence-corrected chi connectivity index (χ2v) is 18.1. The molecule has 0 spiro atoms. The minimum atomic E-state index is -3.31. The molecule has 8 rings (SSSR count). The topological polar surface area (TPSA) is 133 Å². The first-order valence-electron chi connectivity index (χ1n) is 21.0. The van der Waals surface area contributed by atoms with Crippen LogP contribution >= 0.6 is 0 Å². The lowest BCUT2D eigenvalue weighted by molar-refractivity contribution is -0.121. The van der Waals surface area contributed by atoms with E-state index in [0.29, 0.717) is 87.6 Å². The molecular weight excluding hydrogens is 772 g/mol. The van der Waals surface area contributed by atoms with Gasteiger partial charge in [-0.3, -0.25) is 14.4 Å². The maximum atomic E-state index is 16.9. The summed E-state index contributed by atoms with van der Waals surface area (Å²) in [5.74, 6) is -0.344. The standard InChI is InChI=1S/C45H53FN6O6S/c1-59(56,57)50-24-22-49(23-25-50)39-18-14-34(51-21-9-12-42(51)54)26-33(39)30-58-35-15-17-36(38(46)28-35)44-43(31-10-5-4-6-11-31)37-16-13-32-27-40(37)52(44)29-41(53)47-19-7-2-3-8-20-48-45(32)55/h2-3,13-18,26-28,31H,4-12,19-25,29-30H2,1H3,(H,47,53)(H,48,55)/b3-2-. The van der Waals surface area contributed by atoms with Gasteiger partial charge in [-0.15, -0.1) is 0 Å². The Morgan fingerprint density at radius 2 is 1.59 bits per heavy atom. The summed E-state index contributed by atoms with van der Waals surface area (Å²) in [4.78, 5) is 43.5. The number of sulfonamides is 1. The zero-order valence-corrected chi connectivity index (χ0v) is 34.5. The average Bonchev–Trinajstić information content (AvgIpc) is 3.80. The van der Waals surface area contributed by atoms with E-state index in [1.54, 1.807) is 17.0 Å². The molecule has 4 heterocycles. The molecule has 312 valence electrons. The number of ether oxygens (including phenoxy) is 1. The number of aromatic nitrogens is 1. The van der Waals surface area contributed by atoms with Crippen LogP contribution in [0.5, 0.6) is 5.75 Å². The van der Waals surface area contributed by atoms with Crippen LogP contribution < -0.4 is 25.2 Å². The number of hydrogen-bond donors (Lipinski definition) is 2. The van der Waals surface area contributed by atoms with Gasteiger partial charge in [0.15, 0.2) is 0 Å². The Balaban J connectivity index is 1.14. The number of amides is 3. The van der Waals surface area contributed by atoms with Crippen molar-refractivity contribution in [2.75, 3.05) is 61.9 Å². The van der Waals surface area contributed by atoms with Crippen molar-refractivity contribution in [2.24, 2.45) is 0 Å². The van der Waals surface area contributed by atoms with Crippen LogP contribution in [0, 0.1) is 5.82 Å². The molecule has 1 saturated carbocycles. The molecule has 4 aromatic rings. The first kappa shape index (κ1) is 40.6. The normalized spacial score (nSPS) is 19.7. The van der Waals surface area contributed by atoms with Crippen LogP contribution in [0.25, 0.3) is 22.2 Å². The summed E-state index contributed by atoms with van der Waals surface area (Å²) in [5, 5.41) is 6.96. The molecule has 3 amide bonds. The summed E-state index contributed by atoms with van der Waals surface area (Å²) < 4.78 is 51.0. The molecule has 2 bridgehead atoms. The van der Waals surface area contributed by atoms with Gasteiger partial charge < -0.3 is 29.7 Å². The van der Waals surface area contributed by atoms with Crippen LogP contribution in [-0.2, 0) is 32.8 Å². The van der Waals surface area contributed by atoms with E-state index in [9.17, 15) is 22.8 Å². The lowest BCUT2D eigenvalue weighted by Gasteiger charge is -2.36. The van der Waals surface area contributed by atoms with Crippen LogP contribution in [-0.4, -0.2) is 87.1 Å². The Labute approximate surface area is 345 Å². The van der Waals surface area contributed by atoms with Gasteiger partial charge in [-0.1, -0.05) is 37.5 Å². The maximum Gasteiger partial charge on any atom is 0.251 e. The van der Waals surface area contributed by atoms with Gasteiger partial charge in [-0.05, 0) is 86.1 Å². The predicted octanol–water partition coefficient (Wildman–Crippen LogP) is 6.48. The number of fused-ring (bicyclic) bond motifs is 1. The third-order valence-electron chi connectivity index (χ3n) is 12.2. The number of rotatable bonds is 8. The summed E-state index contributed by atoms with van der Waals surface area (Å²) in [6.07, 6.45) is 13.0. The number of hydrogen-bond acceptors (Lipinski definition) is 7. The number of piperazine rings is 1. The van der Waals surface area contributed by atoms with Gasteiger partial charge in [0.1, 0.15) is 24.7 Å². The van der Waals surface area contributed by atoms with E-state index in [-0.39, 0.29) is 36.8 Å². The van der Waals surface area contributed by atoms with E-state index in [1.165, 1.54) is 16.6 Å². The monoisotopic (exact) mass is 824 g/mol. The second kappa shape index (κ2) is 17.6. The predicted molar refractivity (Wildman–Crippen MR) is 228 cm³/mol. The van der Waals surface area contributed by atoms with Gasteiger partial charge in [0.05, 0.1) is 17.5 Å². The van der Waals surface area contributed by atoms with Gasteiger partial charge in [0, 0.05) is 91.8 Å². The molecule has 2 saturated heterocycles. The number of carbonyl (C=O) groups excluding carboxylic acids is 3. The van der Waals surface area contributed by atoms with Gasteiger partial charge in [0.25, 0.3) is 5.91 Å². The van der Waals surface area contributed by atoms with Crippen molar-refractivity contribution in [3.63, 3.8) is 0 Å². The quantitative estimate of drug-likeness (QED) is 0.195. The first-order chi connectivity index (χ1) is 28.5. The van der Waals surface area contributed by atoms with E-state index in [4.69, 9.17) is 4.74 Å². The van der Waals surface area contributed by atoms with E-state index in [1.807, 2.05) is 53.1 Å². The highest BCUT2D eigenvalue weighted by molar-refractivity contribution is 7.88. The Morgan fingerprint density at radius 1 is 0.831 bits per heavy atom. The molecule has 1 aliphatic carbocycles. The zero-order chi connectivity index (χ0) is 41.1. The third-order valence-corrected chi connectivity index (χ3v) is 13.5. The third kappa shape index (κ3) is 8.89. The van der Waals surface area contributed by atoms with Crippen LogP contribution in [0.3, 0.4) is 0 Å². The SMILES string of the molecule is CS(=O)(=O)N1CCN(c2ccc(N3CCCC3=O)cc2COc2ccc(-c3c(C4CCCCC4)c4ccc5cc4n3CC(=O)NCC/C=C\CCNC5=O)c(F)c2)CC1. The van der Waals surface area contributed by atoms with Crippen LogP contribution in [0.2, 0.25) is 0 Å². The smallest absolute Gasteiger partial charge is 0.251 e. The number of nitrogens with zero attached hydrogens (tertiary/aromatic N) is 4. The fraction of sp³-hybridized carbons (Fsp3) is 0.444. The van der Waals surface area contributed by atoms with Crippen molar-refractivity contribution < 1.29 is 31.9 Å². The van der Waals surface area contributed by atoms with Crippen molar-refractivity contribution in [2.45, 2.75) is 76.9 Å².